The second-order valence-electron chi connectivity index (χ2n) is 8.32. The monoisotopic (exact) mass is 351 g/mol. The van der Waals surface area contributed by atoms with Crippen LogP contribution in [0.5, 0.6) is 0 Å². The fraction of sp³-hybridized carbons (Fsp3) is 0.545. The fourth-order valence-electron chi connectivity index (χ4n) is 4.69. The zero-order chi connectivity index (χ0) is 18.0. The van der Waals surface area contributed by atoms with Crippen LogP contribution in [0.2, 0.25) is 0 Å². The first-order valence-corrected chi connectivity index (χ1v) is 9.95. The van der Waals surface area contributed by atoms with Crippen molar-refractivity contribution in [1.29, 1.82) is 0 Å². The Labute approximate surface area is 156 Å². The topological polar surface area (TPSA) is 46.9 Å². The van der Waals surface area contributed by atoms with Crippen LogP contribution in [0.25, 0.3) is 0 Å². The number of carbonyl (C=O) groups is 1. The van der Waals surface area contributed by atoms with Gasteiger partial charge < -0.3 is 9.88 Å². The minimum Gasteiger partial charge on any atom is -0.355 e. The summed E-state index contributed by atoms with van der Waals surface area (Å²) in [6.45, 7) is 0.815. The van der Waals surface area contributed by atoms with Gasteiger partial charge in [-0.25, -0.2) is 4.98 Å². The maximum Gasteiger partial charge on any atom is 0.223 e. The van der Waals surface area contributed by atoms with E-state index in [9.17, 15) is 4.79 Å². The number of hydrogen-bond acceptors (Lipinski definition) is 2. The highest BCUT2D eigenvalue weighted by molar-refractivity contribution is 5.82. The van der Waals surface area contributed by atoms with Crippen LogP contribution in [0.4, 0.5) is 0 Å². The van der Waals surface area contributed by atoms with E-state index >= 15 is 0 Å². The maximum atomic E-state index is 12.7. The molecule has 1 amide bonds. The summed E-state index contributed by atoms with van der Waals surface area (Å²) in [6, 6.07) is 10.7. The van der Waals surface area contributed by atoms with Crippen molar-refractivity contribution in [2.75, 3.05) is 6.54 Å². The third kappa shape index (κ3) is 3.69. The van der Waals surface area contributed by atoms with Gasteiger partial charge in [-0.2, -0.15) is 0 Å². The molecular formula is C22H29N3O. The van der Waals surface area contributed by atoms with Crippen molar-refractivity contribution >= 4 is 5.91 Å². The third-order valence-electron chi connectivity index (χ3n) is 6.33. The highest BCUT2D eigenvalue weighted by Crippen LogP contribution is 2.47. The summed E-state index contributed by atoms with van der Waals surface area (Å²) >= 11 is 0. The standard InChI is InChI=1S/C22H29N3O/c1-25-16-23-14-20(25)18-12-19(18)21(26)24-15-22(10-6-3-7-11-22)13-17-8-4-2-5-9-17/h2,4-5,8-9,14,16,18-19H,3,6-7,10-13,15H2,1H3,(H,24,26)/t18-,19-/m1/s1. The molecule has 1 aromatic heterocycles. The van der Waals surface area contributed by atoms with Crippen LogP contribution in [0, 0.1) is 11.3 Å². The highest BCUT2D eigenvalue weighted by atomic mass is 16.2. The average Bonchev–Trinajstić information content (AvgIpc) is 3.35. The number of benzene rings is 1. The molecule has 2 atom stereocenters. The summed E-state index contributed by atoms with van der Waals surface area (Å²) in [4.78, 5) is 16.9. The maximum absolute atomic E-state index is 12.7. The molecule has 2 fully saturated rings. The summed E-state index contributed by atoms with van der Waals surface area (Å²) in [6.07, 6.45) is 12.1. The van der Waals surface area contributed by atoms with Crippen molar-refractivity contribution in [3.8, 4) is 0 Å². The smallest absolute Gasteiger partial charge is 0.223 e. The van der Waals surface area contributed by atoms with E-state index in [1.54, 1.807) is 0 Å². The van der Waals surface area contributed by atoms with Crippen LogP contribution in [-0.4, -0.2) is 22.0 Å². The van der Waals surface area contributed by atoms with Gasteiger partial charge in [0.2, 0.25) is 5.91 Å². The molecule has 2 aliphatic rings. The summed E-state index contributed by atoms with van der Waals surface area (Å²) < 4.78 is 2.04. The number of amides is 1. The molecular weight excluding hydrogens is 322 g/mol. The van der Waals surface area contributed by atoms with Crippen molar-refractivity contribution < 1.29 is 4.79 Å². The molecule has 1 N–H and O–H groups in total. The van der Waals surface area contributed by atoms with E-state index in [4.69, 9.17) is 0 Å². The third-order valence-corrected chi connectivity index (χ3v) is 6.33. The van der Waals surface area contributed by atoms with Crippen LogP contribution < -0.4 is 5.32 Å². The molecule has 2 aromatic rings. The number of carbonyl (C=O) groups excluding carboxylic acids is 1. The second kappa shape index (κ2) is 7.26. The molecule has 1 aromatic carbocycles. The first kappa shape index (κ1) is 17.3. The Morgan fingerprint density at radius 3 is 2.69 bits per heavy atom. The Balaban J connectivity index is 1.38. The molecule has 26 heavy (non-hydrogen) atoms. The van der Waals surface area contributed by atoms with Gasteiger partial charge in [-0.15, -0.1) is 0 Å². The molecule has 0 unspecified atom stereocenters. The lowest BCUT2D eigenvalue weighted by Crippen LogP contribution is -2.41. The Morgan fingerprint density at radius 2 is 2.00 bits per heavy atom. The Morgan fingerprint density at radius 1 is 1.23 bits per heavy atom. The van der Waals surface area contributed by atoms with E-state index in [1.807, 2.05) is 24.1 Å². The molecule has 4 rings (SSSR count). The lowest BCUT2D eigenvalue weighted by atomic mass is 9.70. The predicted molar refractivity (Wildman–Crippen MR) is 103 cm³/mol. The second-order valence-corrected chi connectivity index (χ2v) is 8.32. The van der Waals surface area contributed by atoms with E-state index in [0.717, 1.165) is 19.4 Å². The Hall–Kier alpha value is -2.10. The minimum atomic E-state index is 0.128. The molecule has 0 radical (unpaired) electrons. The first-order chi connectivity index (χ1) is 12.7. The molecule has 0 spiro atoms. The van der Waals surface area contributed by atoms with E-state index in [1.165, 1.54) is 43.4 Å². The number of imidazole rings is 1. The van der Waals surface area contributed by atoms with Gasteiger partial charge >= 0.3 is 0 Å². The van der Waals surface area contributed by atoms with Gasteiger partial charge in [0.1, 0.15) is 0 Å². The van der Waals surface area contributed by atoms with Crippen molar-refractivity contribution in [3.63, 3.8) is 0 Å². The summed E-state index contributed by atoms with van der Waals surface area (Å²) in [7, 11) is 2.01. The van der Waals surface area contributed by atoms with Gasteiger partial charge in [0.25, 0.3) is 0 Å². The number of nitrogens with zero attached hydrogens (tertiary/aromatic N) is 2. The van der Waals surface area contributed by atoms with Crippen LogP contribution in [-0.2, 0) is 18.3 Å². The highest BCUT2D eigenvalue weighted by Gasteiger charge is 2.46. The van der Waals surface area contributed by atoms with Gasteiger partial charge in [0, 0.05) is 37.3 Å². The zero-order valence-corrected chi connectivity index (χ0v) is 15.7. The number of aromatic nitrogens is 2. The van der Waals surface area contributed by atoms with Gasteiger partial charge in [-0.3, -0.25) is 4.79 Å². The van der Waals surface area contributed by atoms with Gasteiger partial charge in [0.15, 0.2) is 0 Å². The lowest BCUT2D eigenvalue weighted by Gasteiger charge is -2.38. The molecule has 2 aliphatic carbocycles. The van der Waals surface area contributed by atoms with Gasteiger partial charge in [-0.05, 0) is 36.7 Å². The van der Waals surface area contributed by atoms with E-state index in [0.29, 0.717) is 5.92 Å². The summed E-state index contributed by atoms with van der Waals surface area (Å²) in [5.74, 6) is 0.705. The number of rotatable bonds is 6. The van der Waals surface area contributed by atoms with E-state index in [-0.39, 0.29) is 17.2 Å². The molecule has 4 nitrogen and oxygen atoms in total. The van der Waals surface area contributed by atoms with E-state index < -0.39 is 0 Å². The van der Waals surface area contributed by atoms with Crippen LogP contribution in [0.15, 0.2) is 42.9 Å². The molecule has 4 heteroatoms. The number of hydrogen-bond donors (Lipinski definition) is 1. The fourth-order valence-corrected chi connectivity index (χ4v) is 4.69. The van der Waals surface area contributed by atoms with Crippen molar-refractivity contribution in [2.24, 2.45) is 18.4 Å². The summed E-state index contributed by atoms with van der Waals surface area (Å²) in [5, 5.41) is 3.32. The van der Waals surface area contributed by atoms with Crippen LogP contribution in [0.3, 0.4) is 0 Å². The molecule has 0 aliphatic heterocycles. The Kier molecular flexibility index (Phi) is 4.84. The molecule has 0 saturated heterocycles. The molecule has 1 heterocycles. The normalized spacial score (nSPS) is 24.2. The van der Waals surface area contributed by atoms with Crippen molar-refractivity contribution in [1.82, 2.24) is 14.9 Å². The van der Waals surface area contributed by atoms with Crippen molar-refractivity contribution in [3.05, 3.63) is 54.1 Å². The van der Waals surface area contributed by atoms with Crippen LogP contribution in [0.1, 0.15) is 55.7 Å². The quantitative estimate of drug-likeness (QED) is 0.860. The first-order valence-electron chi connectivity index (χ1n) is 9.95. The average molecular weight is 351 g/mol. The molecule has 0 bridgehead atoms. The lowest BCUT2D eigenvalue weighted by molar-refractivity contribution is -0.123. The SMILES string of the molecule is Cn1cncc1[C@@H]1C[C@H]1C(=O)NCC1(Cc2ccccc2)CCCCC1. The van der Waals surface area contributed by atoms with Crippen LogP contribution >= 0.6 is 0 Å². The summed E-state index contributed by atoms with van der Waals surface area (Å²) in [5.41, 5.74) is 2.80. The minimum absolute atomic E-state index is 0.128. The van der Waals surface area contributed by atoms with Gasteiger partial charge in [0.05, 0.1) is 6.33 Å². The molecule has 2 saturated carbocycles. The number of nitrogens with one attached hydrogen (secondary N) is 1. The van der Waals surface area contributed by atoms with Crippen molar-refractivity contribution in [2.45, 2.75) is 50.9 Å². The van der Waals surface area contributed by atoms with Gasteiger partial charge in [-0.1, -0.05) is 49.6 Å². The Bertz CT molecular complexity index is 746. The molecule has 138 valence electrons. The number of aryl methyl sites for hydroxylation is 1. The zero-order valence-electron chi connectivity index (χ0n) is 15.7. The predicted octanol–water partition coefficient (Wildman–Crippen LogP) is 3.83. The largest absolute Gasteiger partial charge is 0.355 e. The van der Waals surface area contributed by atoms with E-state index in [2.05, 4.69) is 40.6 Å².